The highest BCUT2D eigenvalue weighted by Gasteiger charge is 2.21. The molecule has 106 valence electrons. The Morgan fingerprint density at radius 1 is 1.06 bits per heavy atom. The Labute approximate surface area is 112 Å². The third kappa shape index (κ3) is 5.85. The SMILES string of the molecule is CN(CCCCCO)C(=O)C1CCCCCCC1. The molecule has 1 fully saturated rings. The van der Waals surface area contributed by atoms with Crippen molar-refractivity contribution in [1.29, 1.82) is 0 Å². The molecule has 0 aromatic heterocycles. The van der Waals surface area contributed by atoms with Crippen molar-refractivity contribution in [2.24, 2.45) is 5.92 Å². The Morgan fingerprint density at radius 3 is 2.28 bits per heavy atom. The number of unbranched alkanes of at least 4 members (excludes halogenated alkanes) is 2. The van der Waals surface area contributed by atoms with E-state index in [0.717, 1.165) is 38.6 Å². The Morgan fingerprint density at radius 2 is 1.67 bits per heavy atom. The molecule has 0 aromatic rings. The molecule has 1 amide bonds. The molecule has 1 N–H and O–H groups in total. The van der Waals surface area contributed by atoms with Crippen LogP contribution in [-0.2, 0) is 4.79 Å². The van der Waals surface area contributed by atoms with Gasteiger partial charge in [-0.25, -0.2) is 0 Å². The van der Waals surface area contributed by atoms with Crippen molar-refractivity contribution in [2.75, 3.05) is 20.2 Å². The predicted molar refractivity (Wildman–Crippen MR) is 74.4 cm³/mol. The summed E-state index contributed by atoms with van der Waals surface area (Å²) in [5.74, 6) is 0.619. The summed E-state index contributed by atoms with van der Waals surface area (Å²) < 4.78 is 0. The minimum Gasteiger partial charge on any atom is -0.396 e. The van der Waals surface area contributed by atoms with Crippen molar-refractivity contribution >= 4 is 5.91 Å². The molecular formula is C15H29NO2. The summed E-state index contributed by atoms with van der Waals surface area (Å²) in [6, 6.07) is 0. The summed E-state index contributed by atoms with van der Waals surface area (Å²) in [7, 11) is 1.93. The molecule has 1 aliphatic rings. The van der Waals surface area contributed by atoms with Crippen LogP contribution < -0.4 is 0 Å². The number of aliphatic hydroxyl groups is 1. The van der Waals surface area contributed by atoms with Crippen LogP contribution in [0.2, 0.25) is 0 Å². The lowest BCUT2D eigenvalue weighted by molar-refractivity contribution is -0.134. The zero-order valence-corrected chi connectivity index (χ0v) is 11.9. The fourth-order valence-corrected chi connectivity index (χ4v) is 2.76. The Kier molecular flexibility index (Phi) is 8.06. The summed E-state index contributed by atoms with van der Waals surface area (Å²) in [6.45, 7) is 1.11. The average Bonchev–Trinajstić information content (AvgIpc) is 2.33. The van der Waals surface area contributed by atoms with Crippen molar-refractivity contribution in [3.8, 4) is 0 Å². The summed E-state index contributed by atoms with van der Waals surface area (Å²) in [4.78, 5) is 14.2. The van der Waals surface area contributed by atoms with E-state index < -0.39 is 0 Å². The van der Waals surface area contributed by atoms with Crippen LogP contribution in [-0.4, -0.2) is 36.1 Å². The summed E-state index contributed by atoms with van der Waals surface area (Å²) in [6.07, 6.45) is 11.4. The van der Waals surface area contributed by atoms with E-state index in [4.69, 9.17) is 5.11 Å². The first-order valence-electron chi connectivity index (χ1n) is 7.61. The minimum atomic E-state index is 0.264. The number of amides is 1. The molecule has 0 unspecified atom stereocenters. The minimum absolute atomic E-state index is 0.264. The van der Waals surface area contributed by atoms with Crippen molar-refractivity contribution < 1.29 is 9.90 Å². The number of rotatable bonds is 6. The Balaban J connectivity index is 2.26. The molecule has 0 spiro atoms. The van der Waals surface area contributed by atoms with Gasteiger partial charge in [0.05, 0.1) is 0 Å². The molecule has 1 rings (SSSR count). The zero-order chi connectivity index (χ0) is 13.2. The first kappa shape index (κ1) is 15.5. The second kappa shape index (κ2) is 9.37. The highest BCUT2D eigenvalue weighted by Crippen LogP contribution is 2.23. The third-order valence-electron chi connectivity index (χ3n) is 3.98. The van der Waals surface area contributed by atoms with Crippen LogP contribution in [0.4, 0.5) is 0 Å². The fraction of sp³-hybridized carbons (Fsp3) is 0.933. The van der Waals surface area contributed by atoms with E-state index in [-0.39, 0.29) is 12.5 Å². The van der Waals surface area contributed by atoms with Crippen molar-refractivity contribution in [3.63, 3.8) is 0 Å². The standard InChI is InChI=1S/C15H29NO2/c1-16(12-8-5-9-13-17)15(18)14-10-6-3-2-4-7-11-14/h14,17H,2-13H2,1H3. The lowest BCUT2D eigenvalue weighted by Crippen LogP contribution is -2.34. The van der Waals surface area contributed by atoms with Gasteiger partial charge in [0.2, 0.25) is 5.91 Å². The van der Waals surface area contributed by atoms with E-state index in [1.807, 2.05) is 11.9 Å². The number of hydrogen-bond donors (Lipinski definition) is 1. The van der Waals surface area contributed by atoms with Crippen LogP contribution in [0.5, 0.6) is 0 Å². The van der Waals surface area contributed by atoms with Crippen LogP contribution in [0.15, 0.2) is 0 Å². The van der Waals surface area contributed by atoms with Crippen LogP contribution in [0.1, 0.15) is 64.2 Å². The molecule has 0 aliphatic heterocycles. The number of nitrogens with zero attached hydrogens (tertiary/aromatic N) is 1. The van der Waals surface area contributed by atoms with Gasteiger partial charge in [-0.1, -0.05) is 32.1 Å². The summed E-state index contributed by atoms with van der Waals surface area (Å²) in [5.41, 5.74) is 0. The maximum absolute atomic E-state index is 12.3. The molecule has 0 heterocycles. The van der Waals surface area contributed by atoms with Gasteiger partial charge in [-0.3, -0.25) is 4.79 Å². The van der Waals surface area contributed by atoms with Crippen LogP contribution in [0.25, 0.3) is 0 Å². The van der Waals surface area contributed by atoms with Gasteiger partial charge in [-0.15, -0.1) is 0 Å². The summed E-state index contributed by atoms with van der Waals surface area (Å²) in [5, 5.41) is 8.72. The lowest BCUT2D eigenvalue weighted by atomic mass is 9.90. The smallest absolute Gasteiger partial charge is 0.225 e. The molecule has 1 aliphatic carbocycles. The summed E-state index contributed by atoms with van der Waals surface area (Å²) >= 11 is 0. The maximum atomic E-state index is 12.3. The highest BCUT2D eigenvalue weighted by atomic mass is 16.2. The van der Waals surface area contributed by atoms with Gasteiger partial charge >= 0.3 is 0 Å². The van der Waals surface area contributed by atoms with Gasteiger partial charge in [0.15, 0.2) is 0 Å². The largest absolute Gasteiger partial charge is 0.396 e. The Hall–Kier alpha value is -0.570. The van der Waals surface area contributed by atoms with E-state index in [1.54, 1.807) is 0 Å². The third-order valence-corrected chi connectivity index (χ3v) is 3.98. The van der Waals surface area contributed by atoms with Gasteiger partial charge in [-0.2, -0.15) is 0 Å². The fourth-order valence-electron chi connectivity index (χ4n) is 2.76. The molecule has 0 aromatic carbocycles. The van der Waals surface area contributed by atoms with Crippen molar-refractivity contribution in [1.82, 2.24) is 4.90 Å². The quantitative estimate of drug-likeness (QED) is 0.741. The van der Waals surface area contributed by atoms with Crippen LogP contribution in [0, 0.1) is 5.92 Å². The number of aliphatic hydroxyl groups excluding tert-OH is 1. The molecule has 3 heteroatoms. The first-order valence-corrected chi connectivity index (χ1v) is 7.61. The van der Waals surface area contributed by atoms with E-state index >= 15 is 0 Å². The average molecular weight is 255 g/mol. The van der Waals surface area contributed by atoms with E-state index in [1.165, 1.54) is 32.1 Å². The second-order valence-corrected chi connectivity index (χ2v) is 5.59. The van der Waals surface area contributed by atoms with Gasteiger partial charge in [0, 0.05) is 26.1 Å². The predicted octanol–water partition coefficient (Wildman–Crippen LogP) is 2.97. The molecule has 0 radical (unpaired) electrons. The number of carbonyl (C=O) groups excluding carboxylic acids is 1. The van der Waals surface area contributed by atoms with Gasteiger partial charge < -0.3 is 10.0 Å². The zero-order valence-electron chi connectivity index (χ0n) is 11.9. The monoisotopic (exact) mass is 255 g/mol. The highest BCUT2D eigenvalue weighted by molar-refractivity contribution is 5.78. The molecular weight excluding hydrogens is 226 g/mol. The first-order chi connectivity index (χ1) is 8.75. The molecule has 3 nitrogen and oxygen atoms in total. The second-order valence-electron chi connectivity index (χ2n) is 5.59. The molecule has 0 saturated heterocycles. The van der Waals surface area contributed by atoms with Gasteiger partial charge in [0.25, 0.3) is 0 Å². The van der Waals surface area contributed by atoms with Crippen molar-refractivity contribution in [3.05, 3.63) is 0 Å². The lowest BCUT2D eigenvalue weighted by Gasteiger charge is -2.25. The molecule has 0 bridgehead atoms. The maximum Gasteiger partial charge on any atom is 0.225 e. The van der Waals surface area contributed by atoms with Gasteiger partial charge in [-0.05, 0) is 32.1 Å². The number of hydrogen-bond acceptors (Lipinski definition) is 2. The number of carbonyl (C=O) groups is 1. The van der Waals surface area contributed by atoms with E-state index in [2.05, 4.69) is 0 Å². The Bertz CT molecular complexity index is 223. The van der Waals surface area contributed by atoms with Crippen molar-refractivity contribution in [2.45, 2.75) is 64.2 Å². The normalized spacial score (nSPS) is 18.1. The van der Waals surface area contributed by atoms with E-state index in [9.17, 15) is 4.79 Å². The molecule has 18 heavy (non-hydrogen) atoms. The topological polar surface area (TPSA) is 40.5 Å². The van der Waals surface area contributed by atoms with Gasteiger partial charge in [0.1, 0.15) is 0 Å². The van der Waals surface area contributed by atoms with E-state index in [0.29, 0.717) is 5.91 Å². The van der Waals surface area contributed by atoms with Crippen LogP contribution in [0.3, 0.4) is 0 Å². The molecule has 1 saturated carbocycles. The molecule has 0 atom stereocenters. The van der Waals surface area contributed by atoms with Crippen LogP contribution >= 0.6 is 0 Å².